The molecule has 1 fully saturated rings. The van der Waals surface area contributed by atoms with E-state index in [0.717, 1.165) is 17.5 Å². The van der Waals surface area contributed by atoms with Gasteiger partial charge in [-0.05, 0) is 30.7 Å². The summed E-state index contributed by atoms with van der Waals surface area (Å²) >= 11 is 0. The summed E-state index contributed by atoms with van der Waals surface area (Å²) in [7, 11) is 3.04. The number of aliphatic hydroxyl groups is 3. The summed E-state index contributed by atoms with van der Waals surface area (Å²) in [5.74, 6) is 2.95. The van der Waals surface area contributed by atoms with E-state index in [1.165, 1.54) is 13.2 Å². The molecule has 0 unspecified atom stereocenters. The second-order valence-corrected chi connectivity index (χ2v) is 9.75. The molecule has 216 valence electrons. The molecule has 0 bridgehead atoms. The van der Waals surface area contributed by atoms with Crippen LogP contribution in [-0.2, 0) is 34.4 Å². The number of terminal acetylenes is 1. The number of imidazole rings is 1. The van der Waals surface area contributed by atoms with E-state index in [1.807, 2.05) is 24.3 Å². The van der Waals surface area contributed by atoms with Gasteiger partial charge in [0.2, 0.25) is 0 Å². The van der Waals surface area contributed by atoms with Crippen molar-refractivity contribution in [2.45, 2.75) is 56.7 Å². The Bertz CT molecular complexity index is 1570. The van der Waals surface area contributed by atoms with E-state index in [1.54, 1.807) is 24.0 Å². The fourth-order valence-corrected chi connectivity index (χ4v) is 4.98. The van der Waals surface area contributed by atoms with Gasteiger partial charge in [-0.1, -0.05) is 12.1 Å². The standard InChI is InChI=1S/C29H32N4O8/c1-4-5-8-11-33-20-10-7-6-9-19(20)31-24(33)16-39-22-13-17(12-21-18(22)14-30-32(21)2)28(37)41-27-26(36)25(35)23(15-34)40-29(27)38-3/h1,6-7,9-10,12-14,23,25-27,29,34-36H,5,8,11,15-16H2,2-3H3/t23-,25-,26+,27-,29+/m1/s1. The Morgan fingerprint density at radius 3 is 2.76 bits per heavy atom. The van der Waals surface area contributed by atoms with Gasteiger partial charge in [0.05, 0.1) is 40.3 Å². The van der Waals surface area contributed by atoms with Gasteiger partial charge >= 0.3 is 5.97 Å². The van der Waals surface area contributed by atoms with E-state index >= 15 is 0 Å². The quantitative estimate of drug-likeness (QED) is 0.147. The molecule has 0 amide bonds. The number of aliphatic hydroxyl groups excluding tert-OH is 3. The fourth-order valence-electron chi connectivity index (χ4n) is 4.98. The first-order chi connectivity index (χ1) is 19.9. The highest BCUT2D eigenvalue weighted by atomic mass is 16.7. The minimum atomic E-state index is -1.55. The maximum atomic E-state index is 13.3. The molecular weight excluding hydrogens is 532 g/mol. The van der Waals surface area contributed by atoms with Crippen LogP contribution in [0.15, 0.2) is 42.6 Å². The first-order valence-corrected chi connectivity index (χ1v) is 13.2. The molecule has 1 aliphatic rings. The Labute approximate surface area is 236 Å². The number of para-hydroxylation sites is 2. The van der Waals surface area contributed by atoms with Crippen molar-refractivity contribution in [1.82, 2.24) is 19.3 Å². The Morgan fingerprint density at radius 1 is 1.20 bits per heavy atom. The van der Waals surface area contributed by atoms with Gasteiger partial charge in [0.25, 0.3) is 0 Å². The Morgan fingerprint density at radius 2 is 2.00 bits per heavy atom. The summed E-state index contributed by atoms with van der Waals surface area (Å²) in [6.45, 7) is 0.241. The number of aromatic nitrogens is 4. The molecule has 0 radical (unpaired) electrons. The maximum absolute atomic E-state index is 13.3. The first-order valence-electron chi connectivity index (χ1n) is 13.2. The van der Waals surface area contributed by atoms with Crippen molar-refractivity contribution in [2.75, 3.05) is 13.7 Å². The van der Waals surface area contributed by atoms with Crippen molar-refractivity contribution in [3.8, 4) is 18.1 Å². The van der Waals surface area contributed by atoms with Crippen LogP contribution in [0.5, 0.6) is 5.75 Å². The van der Waals surface area contributed by atoms with Gasteiger partial charge in [0, 0.05) is 27.1 Å². The van der Waals surface area contributed by atoms with Crippen molar-refractivity contribution in [1.29, 1.82) is 0 Å². The van der Waals surface area contributed by atoms with Crippen molar-refractivity contribution < 1.29 is 39.1 Å². The van der Waals surface area contributed by atoms with Crippen LogP contribution >= 0.6 is 0 Å². The molecule has 0 spiro atoms. The summed E-state index contributed by atoms with van der Waals surface area (Å²) < 4.78 is 26.1. The van der Waals surface area contributed by atoms with Gasteiger partial charge in [-0.25, -0.2) is 9.78 Å². The molecule has 4 aromatic rings. The van der Waals surface area contributed by atoms with Crippen LogP contribution in [0, 0.1) is 12.3 Å². The normalized spacial score (nSPS) is 22.6. The smallest absolute Gasteiger partial charge is 0.338 e. The number of esters is 1. The molecule has 2 aromatic carbocycles. The monoisotopic (exact) mass is 564 g/mol. The third-order valence-electron chi connectivity index (χ3n) is 7.16. The minimum Gasteiger partial charge on any atom is -0.485 e. The number of carbonyl (C=O) groups is 1. The zero-order valence-corrected chi connectivity index (χ0v) is 22.7. The number of carbonyl (C=O) groups excluding carboxylic acids is 1. The SMILES string of the molecule is C#CCCCn1c(COc2cc(C(=O)O[C@H]3[C@@H](OC)O[C@H](CO)[C@@H](O)[C@@H]3O)cc3c2cnn3C)nc2ccccc21. The number of hydrogen-bond acceptors (Lipinski definition) is 10. The minimum absolute atomic E-state index is 0.114. The Balaban J connectivity index is 1.42. The van der Waals surface area contributed by atoms with Gasteiger partial charge in [-0.15, -0.1) is 12.3 Å². The molecule has 3 heterocycles. The van der Waals surface area contributed by atoms with Gasteiger partial charge in [0.15, 0.2) is 12.4 Å². The molecule has 5 atom stereocenters. The van der Waals surface area contributed by atoms with Crippen LogP contribution in [0.4, 0.5) is 0 Å². The third kappa shape index (κ3) is 5.63. The highest BCUT2D eigenvalue weighted by Gasteiger charge is 2.47. The number of benzene rings is 2. The van der Waals surface area contributed by atoms with Crippen LogP contribution in [-0.4, -0.2) is 85.0 Å². The van der Waals surface area contributed by atoms with Crippen LogP contribution in [0.1, 0.15) is 29.0 Å². The Hall–Kier alpha value is -3.99. The van der Waals surface area contributed by atoms with Crippen molar-refractivity contribution in [3.63, 3.8) is 0 Å². The van der Waals surface area contributed by atoms with Gasteiger partial charge in [0.1, 0.15) is 36.5 Å². The van der Waals surface area contributed by atoms with E-state index in [-0.39, 0.29) is 12.2 Å². The van der Waals surface area contributed by atoms with E-state index in [9.17, 15) is 20.1 Å². The lowest BCUT2D eigenvalue weighted by molar-refractivity contribution is -0.293. The highest BCUT2D eigenvalue weighted by Crippen LogP contribution is 2.31. The van der Waals surface area contributed by atoms with E-state index in [0.29, 0.717) is 35.4 Å². The second kappa shape index (κ2) is 12.3. The number of aryl methyl sites for hydroxylation is 2. The molecular formula is C29H32N4O8. The third-order valence-corrected chi connectivity index (χ3v) is 7.16. The summed E-state index contributed by atoms with van der Waals surface area (Å²) in [4.78, 5) is 18.1. The molecule has 1 aliphatic heterocycles. The van der Waals surface area contributed by atoms with Gasteiger partial charge in [-0.3, -0.25) is 4.68 Å². The summed E-state index contributed by atoms with van der Waals surface area (Å²) in [6, 6.07) is 10.9. The second-order valence-electron chi connectivity index (χ2n) is 9.75. The van der Waals surface area contributed by atoms with Crippen molar-refractivity contribution >= 4 is 27.9 Å². The van der Waals surface area contributed by atoms with Crippen LogP contribution < -0.4 is 4.74 Å². The average Bonchev–Trinajstić information content (AvgIpc) is 3.54. The number of nitrogens with zero attached hydrogens (tertiary/aromatic N) is 4. The molecule has 1 saturated heterocycles. The van der Waals surface area contributed by atoms with Crippen LogP contribution in [0.3, 0.4) is 0 Å². The molecule has 3 N–H and O–H groups in total. The number of rotatable bonds is 10. The fraction of sp³-hybridized carbons (Fsp3) is 0.414. The average molecular weight is 565 g/mol. The maximum Gasteiger partial charge on any atom is 0.338 e. The van der Waals surface area contributed by atoms with E-state index in [2.05, 4.69) is 15.6 Å². The highest BCUT2D eigenvalue weighted by molar-refractivity contribution is 5.97. The van der Waals surface area contributed by atoms with Crippen LogP contribution in [0.2, 0.25) is 0 Å². The van der Waals surface area contributed by atoms with E-state index in [4.69, 9.17) is 30.4 Å². The number of unbranched alkanes of at least 4 members (excludes halogenated alkanes) is 1. The molecule has 0 aliphatic carbocycles. The summed E-state index contributed by atoms with van der Waals surface area (Å²) in [5.41, 5.74) is 2.54. The zero-order valence-electron chi connectivity index (χ0n) is 22.7. The van der Waals surface area contributed by atoms with Crippen molar-refractivity contribution in [3.05, 3.63) is 54.0 Å². The number of fused-ring (bicyclic) bond motifs is 2. The predicted molar refractivity (Wildman–Crippen MR) is 147 cm³/mol. The molecule has 2 aromatic heterocycles. The molecule has 12 heteroatoms. The lowest BCUT2D eigenvalue weighted by atomic mass is 9.99. The van der Waals surface area contributed by atoms with Crippen molar-refractivity contribution in [2.24, 2.45) is 7.05 Å². The largest absolute Gasteiger partial charge is 0.485 e. The lowest BCUT2D eigenvalue weighted by Gasteiger charge is -2.40. The molecule has 0 saturated carbocycles. The number of ether oxygens (including phenoxy) is 4. The summed E-state index contributed by atoms with van der Waals surface area (Å²) in [5, 5.41) is 35.3. The molecule has 12 nitrogen and oxygen atoms in total. The lowest BCUT2D eigenvalue weighted by Crippen LogP contribution is -2.60. The predicted octanol–water partition coefficient (Wildman–Crippen LogP) is 1.53. The number of hydrogen-bond donors (Lipinski definition) is 3. The van der Waals surface area contributed by atoms with Crippen LogP contribution in [0.25, 0.3) is 21.9 Å². The topological polar surface area (TPSA) is 150 Å². The van der Waals surface area contributed by atoms with E-state index < -0.39 is 43.3 Å². The molecule has 41 heavy (non-hydrogen) atoms. The summed E-state index contributed by atoms with van der Waals surface area (Å²) in [6.07, 6.45) is 1.84. The van der Waals surface area contributed by atoms with Gasteiger partial charge in [-0.2, -0.15) is 5.10 Å². The zero-order chi connectivity index (χ0) is 29.1. The first kappa shape index (κ1) is 28.5. The number of methoxy groups -OCH3 is 1. The molecule has 5 rings (SSSR count). The Kier molecular flexibility index (Phi) is 8.53. The van der Waals surface area contributed by atoms with Gasteiger partial charge < -0.3 is 38.8 Å².